The second-order valence-corrected chi connectivity index (χ2v) is 6.07. The summed E-state index contributed by atoms with van der Waals surface area (Å²) in [6.07, 6.45) is 9.86. The molecule has 0 aliphatic heterocycles. The van der Waals surface area contributed by atoms with Crippen LogP contribution in [0.3, 0.4) is 0 Å². The molecule has 2 rings (SSSR count). The molecule has 0 aromatic rings. The number of nitrogens with two attached hydrogens (primary N) is 1. The minimum absolute atomic E-state index is 0.279. The van der Waals surface area contributed by atoms with Crippen LogP contribution in [-0.2, 0) is 0 Å². The molecule has 0 aromatic heterocycles. The van der Waals surface area contributed by atoms with Crippen LogP contribution in [0.5, 0.6) is 0 Å². The Hall–Kier alpha value is -1.03. The molecule has 0 aromatic carbocycles. The van der Waals surface area contributed by atoms with E-state index in [1.165, 1.54) is 25.7 Å². The molecule has 2 unspecified atom stereocenters. The van der Waals surface area contributed by atoms with Crippen LogP contribution in [0.2, 0.25) is 0 Å². The lowest BCUT2D eigenvalue weighted by Crippen LogP contribution is -2.41. The van der Waals surface area contributed by atoms with Gasteiger partial charge in [-0.15, -0.1) is 0 Å². The monoisotopic (exact) mass is 265 g/mol. The molecule has 2 atom stereocenters. The Morgan fingerprint density at radius 3 is 2.89 bits per heavy atom. The summed E-state index contributed by atoms with van der Waals surface area (Å²) < 4.78 is 0. The van der Waals surface area contributed by atoms with Crippen molar-refractivity contribution in [3.63, 3.8) is 0 Å². The molecule has 1 fully saturated rings. The molecule has 0 saturated heterocycles. The zero-order valence-electron chi connectivity index (χ0n) is 11.2. The summed E-state index contributed by atoms with van der Waals surface area (Å²) in [6.45, 7) is 4.61. The molecular formula is C14H23N3S. The van der Waals surface area contributed by atoms with Gasteiger partial charge in [-0.2, -0.15) is 0 Å². The van der Waals surface area contributed by atoms with Crippen LogP contribution in [0.15, 0.2) is 23.4 Å². The van der Waals surface area contributed by atoms with Gasteiger partial charge < -0.3 is 5.73 Å². The normalized spacial score (nSPS) is 27.1. The zero-order chi connectivity index (χ0) is 13.1. The Bertz CT molecular complexity index is 385. The summed E-state index contributed by atoms with van der Waals surface area (Å²) in [6, 6.07) is 0. The molecule has 0 spiro atoms. The number of hydrogen-bond acceptors (Lipinski definition) is 2. The Balaban J connectivity index is 2.14. The van der Waals surface area contributed by atoms with E-state index < -0.39 is 0 Å². The molecule has 0 heterocycles. The van der Waals surface area contributed by atoms with Crippen molar-refractivity contribution in [2.24, 2.45) is 23.5 Å². The van der Waals surface area contributed by atoms with Gasteiger partial charge >= 0.3 is 0 Å². The van der Waals surface area contributed by atoms with Crippen LogP contribution >= 0.6 is 12.2 Å². The molecule has 1 saturated carbocycles. The molecule has 100 valence electrons. The van der Waals surface area contributed by atoms with Gasteiger partial charge in [-0.05, 0) is 55.3 Å². The van der Waals surface area contributed by atoms with Gasteiger partial charge in [0.1, 0.15) is 0 Å². The number of hydrazine groups is 1. The van der Waals surface area contributed by atoms with E-state index in [0.717, 1.165) is 11.6 Å². The molecule has 3 nitrogen and oxygen atoms in total. The Morgan fingerprint density at radius 2 is 2.22 bits per heavy atom. The summed E-state index contributed by atoms with van der Waals surface area (Å²) in [5, 5.41) is 0.279. The lowest BCUT2D eigenvalue weighted by atomic mass is 9.69. The van der Waals surface area contributed by atoms with Crippen molar-refractivity contribution < 1.29 is 0 Å². The highest BCUT2D eigenvalue weighted by Gasteiger charge is 2.31. The number of rotatable bonds is 3. The van der Waals surface area contributed by atoms with Gasteiger partial charge in [0.2, 0.25) is 0 Å². The zero-order valence-corrected chi connectivity index (χ0v) is 12.0. The summed E-state index contributed by atoms with van der Waals surface area (Å²) in [5.74, 6) is 2.04. The smallest absolute Gasteiger partial charge is 0.182 e. The fourth-order valence-electron chi connectivity index (χ4n) is 3.12. The van der Waals surface area contributed by atoms with Gasteiger partial charge in [-0.3, -0.25) is 10.9 Å². The minimum Gasteiger partial charge on any atom is -0.375 e. The number of thiocarbonyl (C=S) groups is 1. The van der Waals surface area contributed by atoms with E-state index >= 15 is 0 Å². The van der Waals surface area contributed by atoms with Crippen LogP contribution < -0.4 is 16.6 Å². The highest BCUT2D eigenvalue weighted by atomic mass is 32.1. The first-order chi connectivity index (χ1) is 8.58. The summed E-state index contributed by atoms with van der Waals surface area (Å²) in [5.41, 5.74) is 14.1. The molecular weight excluding hydrogens is 242 g/mol. The molecule has 2 aliphatic rings. The molecule has 4 heteroatoms. The first-order valence-electron chi connectivity index (χ1n) is 6.81. The number of allylic oxidation sites excluding steroid dienone is 3. The third-order valence-corrected chi connectivity index (χ3v) is 4.09. The lowest BCUT2D eigenvalue weighted by Gasteiger charge is -2.37. The maximum Gasteiger partial charge on any atom is 0.182 e. The van der Waals surface area contributed by atoms with E-state index in [9.17, 15) is 0 Å². The predicted molar refractivity (Wildman–Crippen MR) is 79.5 cm³/mol. The van der Waals surface area contributed by atoms with Crippen molar-refractivity contribution in [1.82, 2.24) is 10.9 Å². The molecule has 0 amide bonds. The van der Waals surface area contributed by atoms with E-state index in [0.29, 0.717) is 11.8 Å². The topological polar surface area (TPSA) is 50.1 Å². The minimum atomic E-state index is 0.279. The Labute approximate surface area is 115 Å². The SMILES string of the molecule is CC(C)C1C=C(NNC(N)=S)C=C2CCCCC21. The molecule has 0 radical (unpaired) electrons. The predicted octanol–water partition coefficient (Wildman–Crippen LogP) is 2.61. The fourth-order valence-corrected chi connectivity index (χ4v) is 3.17. The van der Waals surface area contributed by atoms with E-state index in [2.05, 4.69) is 36.9 Å². The first-order valence-corrected chi connectivity index (χ1v) is 7.22. The van der Waals surface area contributed by atoms with E-state index in [1.54, 1.807) is 5.57 Å². The summed E-state index contributed by atoms with van der Waals surface area (Å²) in [4.78, 5) is 0. The van der Waals surface area contributed by atoms with Crippen LogP contribution in [0, 0.1) is 17.8 Å². The highest BCUT2D eigenvalue weighted by Crippen LogP contribution is 2.41. The van der Waals surface area contributed by atoms with Gasteiger partial charge in [0.25, 0.3) is 0 Å². The Morgan fingerprint density at radius 1 is 1.44 bits per heavy atom. The maximum atomic E-state index is 5.45. The van der Waals surface area contributed by atoms with Crippen molar-refractivity contribution in [3.05, 3.63) is 23.4 Å². The highest BCUT2D eigenvalue weighted by molar-refractivity contribution is 7.80. The third kappa shape index (κ3) is 3.05. The number of hydrogen-bond donors (Lipinski definition) is 3. The van der Waals surface area contributed by atoms with Crippen LogP contribution in [0.4, 0.5) is 0 Å². The average Bonchev–Trinajstić information content (AvgIpc) is 2.35. The molecule has 18 heavy (non-hydrogen) atoms. The van der Waals surface area contributed by atoms with Crippen LogP contribution in [-0.4, -0.2) is 5.11 Å². The van der Waals surface area contributed by atoms with Crippen molar-refractivity contribution in [3.8, 4) is 0 Å². The van der Waals surface area contributed by atoms with Crippen molar-refractivity contribution in [2.75, 3.05) is 0 Å². The largest absolute Gasteiger partial charge is 0.375 e. The second kappa shape index (κ2) is 5.74. The van der Waals surface area contributed by atoms with Crippen LogP contribution in [0.1, 0.15) is 39.5 Å². The molecule has 4 N–H and O–H groups in total. The van der Waals surface area contributed by atoms with E-state index in [-0.39, 0.29) is 5.11 Å². The van der Waals surface area contributed by atoms with Gasteiger partial charge in [0.15, 0.2) is 5.11 Å². The molecule has 2 aliphatic carbocycles. The summed E-state index contributed by atoms with van der Waals surface area (Å²) >= 11 is 4.82. The van der Waals surface area contributed by atoms with Gasteiger partial charge in [-0.25, -0.2) is 0 Å². The van der Waals surface area contributed by atoms with Crippen molar-refractivity contribution in [1.29, 1.82) is 0 Å². The van der Waals surface area contributed by atoms with E-state index in [1.807, 2.05) is 0 Å². The lowest BCUT2D eigenvalue weighted by molar-refractivity contribution is 0.292. The average molecular weight is 265 g/mol. The quantitative estimate of drug-likeness (QED) is 0.542. The summed E-state index contributed by atoms with van der Waals surface area (Å²) in [7, 11) is 0. The fraction of sp³-hybridized carbons (Fsp3) is 0.643. The second-order valence-electron chi connectivity index (χ2n) is 5.63. The van der Waals surface area contributed by atoms with Crippen molar-refractivity contribution in [2.45, 2.75) is 39.5 Å². The van der Waals surface area contributed by atoms with Gasteiger partial charge in [0, 0.05) is 0 Å². The number of fused-ring (bicyclic) bond motifs is 1. The number of nitrogens with one attached hydrogen (secondary N) is 2. The third-order valence-electron chi connectivity index (χ3n) is 3.98. The first kappa shape index (κ1) is 13.4. The maximum absolute atomic E-state index is 5.45. The van der Waals surface area contributed by atoms with Crippen molar-refractivity contribution >= 4 is 17.3 Å². The van der Waals surface area contributed by atoms with Gasteiger partial charge in [-0.1, -0.05) is 31.9 Å². The van der Waals surface area contributed by atoms with Crippen LogP contribution in [0.25, 0.3) is 0 Å². The molecule has 0 bridgehead atoms. The van der Waals surface area contributed by atoms with E-state index in [4.69, 9.17) is 18.0 Å². The Kier molecular flexibility index (Phi) is 4.27. The van der Waals surface area contributed by atoms with Gasteiger partial charge in [0.05, 0.1) is 5.70 Å². The standard InChI is InChI=1S/C14H23N3S/c1-9(2)13-8-11(16-17-14(15)18)7-10-5-3-4-6-12(10)13/h7-9,12-13,16H,3-6H2,1-2H3,(H3,15,17,18).